The van der Waals surface area contributed by atoms with Gasteiger partial charge in [0, 0.05) is 36.9 Å². The van der Waals surface area contributed by atoms with E-state index in [1.807, 2.05) is 24.8 Å². The van der Waals surface area contributed by atoms with Gasteiger partial charge in [0.25, 0.3) is 5.91 Å². The fraction of sp³-hybridized carbons (Fsp3) is 0.533. The van der Waals surface area contributed by atoms with Crippen LogP contribution in [-0.4, -0.2) is 37.1 Å². The molecule has 1 heterocycles. The number of benzene rings is 1. The van der Waals surface area contributed by atoms with E-state index in [9.17, 15) is 4.79 Å². The quantitative estimate of drug-likeness (QED) is 0.845. The molecule has 1 aromatic rings. The lowest BCUT2D eigenvalue weighted by molar-refractivity contribution is 0.0731. The van der Waals surface area contributed by atoms with E-state index in [1.165, 1.54) is 0 Å². The minimum absolute atomic E-state index is 0.0810. The average molecular weight is 262 g/mol. The summed E-state index contributed by atoms with van der Waals surface area (Å²) >= 11 is 0. The van der Waals surface area contributed by atoms with Gasteiger partial charge < -0.3 is 15.4 Å². The van der Waals surface area contributed by atoms with Crippen molar-refractivity contribution in [3.8, 4) is 0 Å². The molecule has 1 saturated heterocycles. The lowest BCUT2D eigenvalue weighted by Crippen LogP contribution is -2.35. The number of ether oxygens (including phenoxy) is 1. The summed E-state index contributed by atoms with van der Waals surface area (Å²) in [4.78, 5) is 14.4. The summed E-state index contributed by atoms with van der Waals surface area (Å²) in [6.45, 7) is 7.02. The Morgan fingerprint density at radius 3 is 2.89 bits per heavy atom. The van der Waals surface area contributed by atoms with E-state index in [4.69, 9.17) is 10.5 Å². The fourth-order valence-corrected chi connectivity index (χ4v) is 2.39. The Hall–Kier alpha value is -1.55. The highest BCUT2D eigenvalue weighted by atomic mass is 16.5. The second-order valence-corrected chi connectivity index (χ2v) is 5.14. The number of hydrogen-bond acceptors (Lipinski definition) is 3. The smallest absolute Gasteiger partial charge is 0.253 e. The van der Waals surface area contributed by atoms with Crippen molar-refractivity contribution in [1.82, 2.24) is 4.90 Å². The molecule has 1 amide bonds. The summed E-state index contributed by atoms with van der Waals surface area (Å²) in [5, 5.41) is 0. The van der Waals surface area contributed by atoms with Crippen LogP contribution in [0.15, 0.2) is 18.2 Å². The van der Waals surface area contributed by atoms with Gasteiger partial charge >= 0.3 is 0 Å². The molecule has 1 fully saturated rings. The van der Waals surface area contributed by atoms with Gasteiger partial charge in [0.15, 0.2) is 0 Å². The number of nitrogens with zero attached hydrogens (tertiary/aromatic N) is 1. The Kier molecular flexibility index (Phi) is 4.43. The molecule has 0 aliphatic carbocycles. The van der Waals surface area contributed by atoms with E-state index in [2.05, 4.69) is 0 Å². The summed E-state index contributed by atoms with van der Waals surface area (Å²) in [7, 11) is 0. The number of anilines is 1. The van der Waals surface area contributed by atoms with Crippen LogP contribution in [0, 0.1) is 12.8 Å². The summed E-state index contributed by atoms with van der Waals surface area (Å²) in [5.41, 5.74) is 8.18. The molecule has 19 heavy (non-hydrogen) atoms. The monoisotopic (exact) mass is 262 g/mol. The number of carbonyl (C=O) groups excluding carboxylic acids is 1. The van der Waals surface area contributed by atoms with Crippen LogP contribution < -0.4 is 5.73 Å². The van der Waals surface area contributed by atoms with Crippen LogP contribution in [0.5, 0.6) is 0 Å². The lowest BCUT2D eigenvalue weighted by atomic mass is 10.1. The van der Waals surface area contributed by atoms with Crippen LogP contribution in [0.2, 0.25) is 0 Å². The van der Waals surface area contributed by atoms with E-state index in [-0.39, 0.29) is 5.91 Å². The maximum absolute atomic E-state index is 12.5. The molecule has 0 radical (unpaired) electrons. The zero-order chi connectivity index (χ0) is 13.8. The number of hydrogen-bond donors (Lipinski definition) is 1. The molecular weight excluding hydrogens is 240 g/mol. The molecule has 2 N–H and O–H groups in total. The summed E-state index contributed by atoms with van der Waals surface area (Å²) in [6, 6.07) is 5.47. The van der Waals surface area contributed by atoms with Gasteiger partial charge in [-0.3, -0.25) is 4.79 Å². The molecule has 2 rings (SSSR count). The third kappa shape index (κ3) is 3.26. The molecule has 4 heteroatoms. The van der Waals surface area contributed by atoms with Crippen molar-refractivity contribution in [1.29, 1.82) is 0 Å². The highest BCUT2D eigenvalue weighted by Gasteiger charge is 2.22. The number of amides is 1. The topological polar surface area (TPSA) is 55.6 Å². The van der Waals surface area contributed by atoms with Gasteiger partial charge in [-0.15, -0.1) is 0 Å². The number of rotatable bonds is 4. The Morgan fingerprint density at radius 1 is 1.53 bits per heavy atom. The summed E-state index contributed by atoms with van der Waals surface area (Å²) in [5.74, 6) is 0.552. The maximum atomic E-state index is 12.5. The molecule has 4 nitrogen and oxygen atoms in total. The fourth-order valence-electron chi connectivity index (χ4n) is 2.39. The molecular formula is C15H22N2O2. The second-order valence-electron chi connectivity index (χ2n) is 5.14. The first-order valence-electron chi connectivity index (χ1n) is 6.85. The van der Waals surface area contributed by atoms with E-state index < -0.39 is 0 Å². The third-order valence-corrected chi connectivity index (χ3v) is 3.69. The van der Waals surface area contributed by atoms with Gasteiger partial charge in [0.05, 0.1) is 6.61 Å². The molecule has 1 aliphatic heterocycles. The van der Waals surface area contributed by atoms with E-state index >= 15 is 0 Å². The van der Waals surface area contributed by atoms with Crippen molar-refractivity contribution >= 4 is 11.6 Å². The Bertz CT molecular complexity index is 453. The minimum atomic E-state index is 0.0810. The second kappa shape index (κ2) is 6.06. The van der Waals surface area contributed by atoms with Crippen LogP contribution in [0.3, 0.4) is 0 Å². The molecule has 1 atom stereocenters. The zero-order valence-corrected chi connectivity index (χ0v) is 11.7. The number of nitrogen functional groups attached to an aromatic ring is 1. The van der Waals surface area contributed by atoms with Crippen molar-refractivity contribution in [2.45, 2.75) is 20.3 Å². The van der Waals surface area contributed by atoms with Crippen LogP contribution in [0.4, 0.5) is 5.69 Å². The number of aryl methyl sites for hydroxylation is 1. The summed E-state index contributed by atoms with van der Waals surface area (Å²) in [6.07, 6.45) is 1.05. The Morgan fingerprint density at radius 2 is 2.32 bits per heavy atom. The molecule has 0 aromatic heterocycles. The van der Waals surface area contributed by atoms with E-state index in [0.29, 0.717) is 11.5 Å². The van der Waals surface area contributed by atoms with E-state index in [0.717, 1.165) is 44.0 Å². The first-order valence-corrected chi connectivity index (χ1v) is 6.85. The molecule has 0 saturated carbocycles. The lowest BCUT2D eigenvalue weighted by Gasteiger charge is -2.24. The number of carbonyl (C=O) groups is 1. The predicted octanol–water partition coefficient (Wildman–Crippen LogP) is 2.08. The minimum Gasteiger partial charge on any atom is -0.399 e. The van der Waals surface area contributed by atoms with Crippen LogP contribution in [0.25, 0.3) is 0 Å². The van der Waals surface area contributed by atoms with Gasteiger partial charge in [-0.2, -0.15) is 0 Å². The van der Waals surface area contributed by atoms with Crippen molar-refractivity contribution in [2.24, 2.45) is 5.92 Å². The van der Waals surface area contributed by atoms with Gasteiger partial charge in [0.2, 0.25) is 0 Å². The zero-order valence-electron chi connectivity index (χ0n) is 11.7. The van der Waals surface area contributed by atoms with E-state index in [1.54, 1.807) is 12.1 Å². The Labute approximate surface area is 114 Å². The molecule has 0 spiro atoms. The van der Waals surface area contributed by atoms with Crippen LogP contribution in [0.1, 0.15) is 29.3 Å². The van der Waals surface area contributed by atoms with Crippen LogP contribution >= 0.6 is 0 Å². The van der Waals surface area contributed by atoms with Crippen molar-refractivity contribution in [3.05, 3.63) is 29.3 Å². The highest BCUT2D eigenvalue weighted by Crippen LogP contribution is 2.18. The number of nitrogens with two attached hydrogens (primary N) is 1. The van der Waals surface area contributed by atoms with Crippen molar-refractivity contribution < 1.29 is 9.53 Å². The molecule has 1 aromatic carbocycles. The van der Waals surface area contributed by atoms with Gasteiger partial charge in [-0.05, 0) is 44.0 Å². The molecule has 1 unspecified atom stereocenters. The summed E-state index contributed by atoms with van der Waals surface area (Å²) < 4.78 is 5.37. The Balaban J connectivity index is 2.08. The first kappa shape index (κ1) is 13.9. The van der Waals surface area contributed by atoms with Crippen molar-refractivity contribution in [2.75, 3.05) is 32.0 Å². The van der Waals surface area contributed by atoms with Crippen LogP contribution in [-0.2, 0) is 4.74 Å². The van der Waals surface area contributed by atoms with Crippen molar-refractivity contribution in [3.63, 3.8) is 0 Å². The molecule has 0 bridgehead atoms. The molecule has 104 valence electrons. The average Bonchev–Trinajstić information content (AvgIpc) is 2.91. The molecule has 1 aliphatic rings. The third-order valence-electron chi connectivity index (χ3n) is 3.69. The van der Waals surface area contributed by atoms with Gasteiger partial charge in [-0.1, -0.05) is 0 Å². The standard InChI is InChI=1S/C15H22N2O2/c1-3-17(9-12-6-7-19-10-12)15(18)13-4-5-14(16)11(2)8-13/h4-5,8,12H,3,6-7,9-10,16H2,1-2H3. The largest absolute Gasteiger partial charge is 0.399 e. The van der Waals surface area contributed by atoms with Gasteiger partial charge in [0.1, 0.15) is 0 Å². The normalized spacial score (nSPS) is 18.5. The SMILES string of the molecule is CCN(CC1CCOC1)C(=O)c1ccc(N)c(C)c1. The first-order chi connectivity index (χ1) is 9.11. The predicted molar refractivity (Wildman–Crippen MR) is 76.1 cm³/mol. The highest BCUT2D eigenvalue weighted by molar-refractivity contribution is 5.94. The van der Waals surface area contributed by atoms with Gasteiger partial charge in [-0.25, -0.2) is 0 Å². The maximum Gasteiger partial charge on any atom is 0.253 e.